The Kier molecular flexibility index (Phi) is 5.73. The molecule has 0 saturated heterocycles. The van der Waals surface area contributed by atoms with Crippen LogP contribution < -0.4 is 10.1 Å². The van der Waals surface area contributed by atoms with Crippen molar-refractivity contribution in [3.8, 4) is 17.0 Å². The molecule has 5 rings (SSSR count). The van der Waals surface area contributed by atoms with Gasteiger partial charge in [0.1, 0.15) is 5.75 Å². The summed E-state index contributed by atoms with van der Waals surface area (Å²) < 4.78 is 5.29. The molecule has 0 aliphatic carbocycles. The van der Waals surface area contributed by atoms with Crippen molar-refractivity contribution in [1.29, 1.82) is 0 Å². The van der Waals surface area contributed by atoms with E-state index in [0.717, 1.165) is 49.8 Å². The predicted octanol–water partition coefficient (Wildman–Crippen LogP) is 5.92. The van der Waals surface area contributed by atoms with Gasteiger partial charge in [0.2, 0.25) is 5.91 Å². The van der Waals surface area contributed by atoms with Gasteiger partial charge >= 0.3 is 0 Å². The van der Waals surface area contributed by atoms with E-state index in [1.165, 1.54) is 0 Å². The zero-order valence-corrected chi connectivity index (χ0v) is 18.4. The van der Waals surface area contributed by atoms with Crippen molar-refractivity contribution in [3.63, 3.8) is 0 Å². The summed E-state index contributed by atoms with van der Waals surface area (Å²) in [6.45, 7) is 0.509. The first-order valence-corrected chi connectivity index (χ1v) is 11.0. The summed E-state index contributed by atoms with van der Waals surface area (Å²) >= 11 is 0. The molecular weight excluding hydrogens is 408 g/mol. The number of methoxy groups -OCH3 is 1. The van der Waals surface area contributed by atoms with E-state index in [4.69, 9.17) is 9.72 Å². The Hall–Kier alpha value is -4.18. The van der Waals surface area contributed by atoms with Gasteiger partial charge < -0.3 is 10.1 Å². The van der Waals surface area contributed by atoms with Crippen LogP contribution in [0, 0.1) is 0 Å². The number of benzene rings is 4. The van der Waals surface area contributed by atoms with E-state index in [2.05, 4.69) is 23.5 Å². The Morgan fingerprint density at radius 3 is 2.42 bits per heavy atom. The number of ether oxygens (including phenoxy) is 1. The van der Waals surface area contributed by atoms with Crippen LogP contribution in [0.2, 0.25) is 0 Å². The lowest BCUT2D eigenvalue weighted by molar-refractivity contribution is -0.120. The van der Waals surface area contributed by atoms with Gasteiger partial charge in [-0.3, -0.25) is 4.79 Å². The minimum absolute atomic E-state index is 0.0139. The first-order chi connectivity index (χ1) is 16.2. The normalized spacial score (nSPS) is 10.9. The first-order valence-electron chi connectivity index (χ1n) is 11.0. The summed E-state index contributed by atoms with van der Waals surface area (Å²) in [5, 5.41) is 6.33. The number of rotatable bonds is 6. The lowest BCUT2D eigenvalue weighted by Gasteiger charge is -2.13. The van der Waals surface area contributed by atoms with Crippen LogP contribution in [0.3, 0.4) is 0 Å². The number of nitrogens with one attached hydrogen (secondary N) is 1. The van der Waals surface area contributed by atoms with Gasteiger partial charge in [-0.05, 0) is 58.3 Å². The van der Waals surface area contributed by atoms with Gasteiger partial charge in [0.05, 0.1) is 24.7 Å². The van der Waals surface area contributed by atoms with Crippen molar-refractivity contribution >= 4 is 27.6 Å². The number of hydrogen-bond acceptors (Lipinski definition) is 3. The largest absolute Gasteiger partial charge is 0.497 e. The fraction of sp³-hybridized carbons (Fsp3) is 0.103. The maximum Gasteiger partial charge on any atom is 0.224 e. The van der Waals surface area contributed by atoms with E-state index in [-0.39, 0.29) is 12.3 Å². The fourth-order valence-electron chi connectivity index (χ4n) is 4.17. The Labute approximate surface area is 192 Å². The zero-order chi connectivity index (χ0) is 22.6. The van der Waals surface area contributed by atoms with E-state index >= 15 is 0 Å². The number of nitrogens with zero attached hydrogens (tertiary/aromatic N) is 1. The molecule has 0 spiro atoms. The second-order valence-electron chi connectivity index (χ2n) is 8.02. The molecule has 0 unspecified atom stereocenters. The Balaban J connectivity index is 1.55. The van der Waals surface area contributed by atoms with Crippen molar-refractivity contribution in [3.05, 3.63) is 108 Å². The van der Waals surface area contributed by atoms with Crippen molar-refractivity contribution < 1.29 is 9.53 Å². The highest BCUT2D eigenvalue weighted by molar-refractivity contribution is 6.09. The van der Waals surface area contributed by atoms with Crippen LogP contribution >= 0.6 is 0 Å². The average molecular weight is 433 g/mol. The molecule has 0 radical (unpaired) electrons. The van der Waals surface area contributed by atoms with Crippen molar-refractivity contribution in [2.75, 3.05) is 7.11 Å². The van der Waals surface area contributed by atoms with E-state index in [9.17, 15) is 4.79 Å². The second kappa shape index (κ2) is 9.13. The molecule has 1 aromatic heterocycles. The fourth-order valence-corrected chi connectivity index (χ4v) is 4.17. The van der Waals surface area contributed by atoms with Crippen LogP contribution in [0.5, 0.6) is 5.75 Å². The molecule has 1 amide bonds. The van der Waals surface area contributed by atoms with E-state index in [0.29, 0.717) is 6.54 Å². The molecule has 0 bridgehead atoms. The number of carbonyl (C=O) groups is 1. The number of fused-ring (bicyclic) bond motifs is 3. The third-order valence-corrected chi connectivity index (χ3v) is 5.85. The molecule has 4 aromatic carbocycles. The standard InChI is InChI=1S/C29H24N2O2/c1-33-24-14-11-22(12-15-24)27-17-23(18-28(32)30-19-20-7-3-2-4-8-20)29-25-10-6-5-9-21(25)13-16-26(29)31-27/h2-17H,18-19H2,1H3,(H,30,32). The topological polar surface area (TPSA) is 51.2 Å². The molecule has 0 atom stereocenters. The highest BCUT2D eigenvalue weighted by Crippen LogP contribution is 2.31. The van der Waals surface area contributed by atoms with Gasteiger partial charge in [-0.25, -0.2) is 4.98 Å². The maximum atomic E-state index is 12.9. The Morgan fingerprint density at radius 2 is 1.64 bits per heavy atom. The lowest BCUT2D eigenvalue weighted by Crippen LogP contribution is -2.24. The molecule has 4 nitrogen and oxygen atoms in total. The number of carbonyl (C=O) groups excluding carboxylic acids is 1. The zero-order valence-electron chi connectivity index (χ0n) is 18.4. The van der Waals surface area contributed by atoms with Gasteiger partial charge in [-0.2, -0.15) is 0 Å². The predicted molar refractivity (Wildman–Crippen MR) is 133 cm³/mol. The summed E-state index contributed by atoms with van der Waals surface area (Å²) in [4.78, 5) is 17.9. The minimum atomic E-state index is -0.0139. The summed E-state index contributed by atoms with van der Waals surface area (Å²) in [6, 6.07) is 32.2. The smallest absolute Gasteiger partial charge is 0.224 e. The van der Waals surface area contributed by atoms with Crippen LogP contribution in [0.1, 0.15) is 11.1 Å². The van der Waals surface area contributed by atoms with Gasteiger partial charge in [-0.1, -0.05) is 60.7 Å². The molecular formula is C29H24N2O2. The maximum absolute atomic E-state index is 12.9. The monoisotopic (exact) mass is 432 g/mol. The molecule has 33 heavy (non-hydrogen) atoms. The van der Waals surface area contributed by atoms with E-state index < -0.39 is 0 Å². The average Bonchev–Trinajstić information content (AvgIpc) is 2.87. The summed E-state index contributed by atoms with van der Waals surface area (Å²) in [5.41, 5.74) is 4.75. The van der Waals surface area contributed by atoms with Crippen LogP contribution in [-0.4, -0.2) is 18.0 Å². The Bertz CT molecular complexity index is 1430. The molecule has 0 aliphatic heterocycles. The summed E-state index contributed by atoms with van der Waals surface area (Å²) in [7, 11) is 1.65. The number of amides is 1. The first kappa shape index (κ1) is 20.7. The molecule has 0 saturated carbocycles. The quantitative estimate of drug-likeness (QED) is 0.339. The number of aromatic nitrogens is 1. The van der Waals surface area contributed by atoms with Gasteiger partial charge in [-0.15, -0.1) is 0 Å². The number of hydrogen-bond donors (Lipinski definition) is 1. The molecule has 162 valence electrons. The van der Waals surface area contributed by atoms with E-state index in [1.807, 2.05) is 78.9 Å². The van der Waals surface area contributed by atoms with Gasteiger partial charge in [0.25, 0.3) is 0 Å². The second-order valence-corrected chi connectivity index (χ2v) is 8.02. The van der Waals surface area contributed by atoms with Gasteiger partial charge in [0.15, 0.2) is 0 Å². The highest BCUT2D eigenvalue weighted by Gasteiger charge is 2.14. The van der Waals surface area contributed by atoms with Crippen molar-refractivity contribution in [2.24, 2.45) is 0 Å². The molecule has 4 heteroatoms. The minimum Gasteiger partial charge on any atom is -0.497 e. The van der Waals surface area contributed by atoms with Crippen LogP contribution in [-0.2, 0) is 17.8 Å². The summed E-state index contributed by atoms with van der Waals surface area (Å²) in [5.74, 6) is 0.783. The van der Waals surface area contributed by atoms with Crippen molar-refractivity contribution in [1.82, 2.24) is 10.3 Å². The number of pyridine rings is 1. The van der Waals surface area contributed by atoms with Gasteiger partial charge in [0, 0.05) is 17.5 Å². The van der Waals surface area contributed by atoms with Crippen LogP contribution in [0.4, 0.5) is 0 Å². The molecule has 5 aromatic rings. The Morgan fingerprint density at radius 1 is 0.879 bits per heavy atom. The van der Waals surface area contributed by atoms with Crippen molar-refractivity contribution in [2.45, 2.75) is 13.0 Å². The molecule has 1 N–H and O–H groups in total. The van der Waals surface area contributed by atoms with E-state index in [1.54, 1.807) is 7.11 Å². The molecule has 0 aliphatic rings. The summed E-state index contributed by atoms with van der Waals surface area (Å²) in [6.07, 6.45) is 0.281. The lowest BCUT2D eigenvalue weighted by atomic mass is 9.97. The SMILES string of the molecule is COc1ccc(-c2cc(CC(=O)NCc3ccccc3)c3c(ccc4ccccc43)n2)cc1. The van der Waals surface area contributed by atoms with Crippen LogP contribution in [0.15, 0.2) is 97.1 Å². The third-order valence-electron chi connectivity index (χ3n) is 5.85. The third kappa shape index (κ3) is 4.41. The molecule has 1 heterocycles. The highest BCUT2D eigenvalue weighted by atomic mass is 16.5. The van der Waals surface area contributed by atoms with Crippen LogP contribution in [0.25, 0.3) is 32.9 Å². The molecule has 0 fully saturated rings.